The Labute approximate surface area is 116 Å². The van der Waals surface area contributed by atoms with Crippen LogP contribution in [0.4, 0.5) is 11.4 Å². The number of piperazine rings is 1. The third-order valence-electron chi connectivity index (χ3n) is 4.00. The van der Waals surface area contributed by atoms with Gasteiger partial charge >= 0.3 is 0 Å². The van der Waals surface area contributed by atoms with Gasteiger partial charge in [0.1, 0.15) is 11.4 Å². The van der Waals surface area contributed by atoms with Gasteiger partial charge in [-0.2, -0.15) is 5.06 Å². The maximum atomic E-state index is 11.9. The van der Waals surface area contributed by atoms with Gasteiger partial charge in [0.05, 0.1) is 20.3 Å². The Balaban J connectivity index is 1.78. The second kappa shape index (κ2) is 5.51. The standard InChI is InChI=1S/C13H19N3O4/c1-19-16-4-2-14(3-5-16)10-11(13(18)12(10)17)15-6-8-20-9-7-15/h2-9H2,1H3. The average Bonchev–Trinajstić information content (AvgIpc) is 2.52. The number of nitrogens with zero attached hydrogens (tertiary/aromatic N) is 3. The number of hydrogen-bond donors (Lipinski definition) is 0. The normalized spacial score (nSPS) is 21.6. The molecule has 0 amide bonds. The molecule has 7 heteroatoms. The van der Waals surface area contributed by atoms with Crippen LogP contribution in [0, 0.1) is 0 Å². The first kappa shape index (κ1) is 13.5. The van der Waals surface area contributed by atoms with Gasteiger partial charge in [-0.25, -0.2) is 0 Å². The lowest BCUT2D eigenvalue weighted by atomic mass is 10.1. The molecule has 110 valence electrons. The lowest BCUT2D eigenvalue weighted by Gasteiger charge is -2.38. The zero-order chi connectivity index (χ0) is 14.1. The molecule has 3 rings (SSSR count). The first-order valence-corrected chi connectivity index (χ1v) is 6.92. The van der Waals surface area contributed by atoms with Crippen LogP contribution < -0.4 is 20.7 Å². The van der Waals surface area contributed by atoms with E-state index in [9.17, 15) is 9.59 Å². The van der Waals surface area contributed by atoms with Crippen LogP contribution in [-0.4, -0.2) is 64.7 Å². The van der Waals surface area contributed by atoms with E-state index >= 15 is 0 Å². The Bertz CT molecular complexity index is 538. The molecule has 0 aliphatic carbocycles. The molecule has 0 bridgehead atoms. The molecule has 2 aliphatic rings. The molecule has 0 unspecified atom stereocenters. The van der Waals surface area contributed by atoms with Gasteiger partial charge in [-0.05, 0) is 0 Å². The first-order chi connectivity index (χ1) is 9.72. The van der Waals surface area contributed by atoms with Crippen molar-refractivity contribution in [3.05, 3.63) is 20.4 Å². The van der Waals surface area contributed by atoms with E-state index in [1.807, 2.05) is 14.9 Å². The minimum absolute atomic E-state index is 0.350. The molecule has 20 heavy (non-hydrogen) atoms. The van der Waals surface area contributed by atoms with E-state index in [-0.39, 0.29) is 10.9 Å². The number of rotatable bonds is 3. The van der Waals surface area contributed by atoms with Crippen molar-refractivity contribution in [1.29, 1.82) is 0 Å². The molecule has 0 atom stereocenters. The van der Waals surface area contributed by atoms with Crippen LogP contribution in [0.2, 0.25) is 0 Å². The van der Waals surface area contributed by atoms with Crippen molar-refractivity contribution in [2.24, 2.45) is 0 Å². The molecule has 0 radical (unpaired) electrons. The Morgan fingerprint density at radius 2 is 1.35 bits per heavy atom. The summed E-state index contributed by atoms with van der Waals surface area (Å²) in [4.78, 5) is 33.0. The Kier molecular flexibility index (Phi) is 3.73. The van der Waals surface area contributed by atoms with E-state index in [0.717, 1.165) is 13.1 Å². The van der Waals surface area contributed by atoms with Crippen molar-refractivity contribution < 1.29 is 9.57 Å². The maximum Gasteiger partial charge on any atom is 0.253 e. The van der Waals surface area contributed by atoms with Gasteiger partial charge in [0, 0.05) is 39.3 Å². The highest BCUT2D eigenvalue weighted by atomic mass is 16.7. The quantitative estimate of drug-likeness (QED) is 0.645. The second-order valence-electron chi connectivity index (χ2n) is 5.05. The molecule has 0 saturated carbocycles. The summed E-state index contributed by atoms with van der Waals surface area (Å²) in [5, 5.41) is 1.86. The molecule has 2 aliphatic heterocycles. The molecular weight excluding hydrogens is 262 g/mol. The number of anilines is 2. The third kappa shape index (κ3) is 2.21. The van der Waals surface area contributed by atoms with Gasteiger partial charge < -0.3 is 19.4 Å². The highest BCUT2D eigenvalue weighted by Crippen LogP contribution is 2.26. The fourth-order valence-electron chi connectivity index (χ4n) is 2.84. The lowest BCUT2D eigenvalue weighted by molar-refractivity contribution is -0.133. The molecule has 2 heterocycles. The van der Waals surface area contributed by atoms with Crippen molar-refractivity contribution in [2.45, 2.75) is 0 Å². The average molecular weight is 281 g/mol. The third-order valence-corrected chi connectivity index (χ3v) is 4.00. The second-order valence-corrected chi connectivity index (χ2v) is 5.05. The monoisotopic (exact) mass is 281 g/mol. The van der Waals surface area contributed by atoms with Gasteiger partial charge in [-0.15, -0.1) is 0 Å². The predicted molar refractivity (Wildman–Crippen MR) is 75.2 cm³/mol. The molecule has 0 N–H and O–H groups in total. The maximum absolute atomic E-state index is 11.9. The van der Waals surface area contributed by atoms with Crippen LogP contribution in [0.25, 0.3) is 0 Å². The van der Waals surface area contributed by atoms with Gasteiger partial charge in [0.15, 0.2) is 0 Å². The van der Waals surface area contributed by atoms with Gasteiger partial charge in [0.2, 0.25) is 0 Å². The van der Waals surface area contributed by atoms with Crippen molar-refractivity contribution in [2.75, 3.05) is 69.4 Å². The van der Waals surface area contributed by atoms with Gasteiger partial charge in [-0.3, -0.25) is 9.59 Å². The van der Waals surface area contributed by atoms with E-state index in [1.165, 1.54) is 0 Å². The molecular formula is C13H19N3O4. The number of hydroxylamine groups is 2. The number of morpholine rings is 1. The fraction of sp³-hybridized carbons (Fsp3) is 0.692. The Morgan fingerprint density at radius 1 is 0.850 bits per heavy atom. The summed E-state index contributed by atoms with van der Waals surface area (Å²) < 4.78 is 5.29. The molecule has 0 aromatic heterocycles. The highest BCUT2D eigenvalue weighted by Gasteiger charge is 2.32. The molecule has 7 nitrogen and oxygen atoms in total. The molecule has 1 aromatic rings. The van der Waals surface area contributed by atoms with E-state index in [0.29, 0.717) is 50.8 Å². The summed E-state index contributed by atoms with van der Waals surface area (Å²) in [5.41, 5.74) is 0.477. The van der Waals surface area contributed by atoms with E-state index in [2.05, 4.69) is 0 Å². The zero-order valence-electron chi connectivity index (χ0n) is 11.6. The van der Waals surface area contributed by atoms with Crippen LogP contribution in [0.1, 0.15) is 0 Å². The van der Waals surface area contributed by atoms with Crippen LogP contribution >= 0.6 is 0 Å². The summed E-state index contributed by atoms with van der Waals surface area (Å²) in [6.07, 6.45) is 0. The van der Waals surface area contributed by atoms with Crippen LogP contribution in [0.3, 0.4) is 0 Å². The van der Waals surface area contributed by atoms with E-state index in [4.69, 9.17) is 9.57 Å². The van der Waals surface area contributed by atoms with E-state index in [1.54, 1.807) is 7.11 Å². The predicted octanol–water partition coefficient (Wildman–Crippen LogP) is -1.20. The SMILES string of the molecule is CON1CCN(c2c(N3CCOCC3)c(=O)c2=O)CC1. The topological polar surface area (TPSA) is 62.3 Å². The van der Waals surface area contributed by atoms with Gasteiger partial charge in [0.25, 0.3) is 10.9 Å². The number of ether oxygens (including phenoxy) is 1. The summed E-state index contributed by atoms with van der Waals surface area (Å²) in [5.74, 6) is 0. The molecule has 2 saturated heterocycles. The summed E-state index contributed by atoms with van der Waals surface area (Å²) in [7, 11) is 1.64. The van der Waals surface area contributed by atoms with Crippen molar-refractivity contribution in [3.63, 3.8) is 0 Å². The van der Waals surface area contributed by atoms with Crippen LogP contribution in [0.5, 0.6) is 0 Å². The van der Waals surface area contributed by atoms with Crippen LogP contribution in [0.15, 0.2) is 9.59 Å². The van der Waals surface area contributed by atoms with Crippen molar-refractivity contribution in [3.8, 4) is 0 Å². The molecule has 2 fully saturated rings. The lowest BCUT2D eigenvalue weighted by Crippen LogP contribution is -2.53. The fourth-order valence-corrected chi connectivity index (χ4v) is 2.84. The van der Waals surface area contributed by atoms with Crippen molar-refractivity contribution in [1.82, 2.24) is 5.06 Å². The smallest absolute Gasteiger partial charge is 0.253 e. The number of hydrogen-bond acceptors (Lipinski definition) is 7. The Hall–Kier alpha value is -1.44. The minimum Gasteiger partial charge on any atom is -0.378 e. The zero-order valence-corrected chi connectivity index (χ0v) is 11.6. The Morgan fingerprint density at radius 3 is 1.85 bits per heavy atom. The minimum atomic E-state index is -0.351. The summed E-state index contributed by atoms with van der Waals surface area (Å²) in [6, 6.07) is 0. The largest absolute Gasteiger partial charge is 0.378 e. The molecule has 0 spiro atoms. The van der Waals surface area contributed by atoms with E-state index < -0.39 is 0 Å². The summed E-state index contributed by atoms with van der Waals surface area (Å²) >= 11 is 0. The molecule has 1 aromatic carbocycles. The highest BCUT2D eigenvalue weighted by molar-refractivity contribution is 5.76. The van der Waals surface area contributed by atoms with Crippen molar-refractivity contribution >= 4 is 11.4 Å². The summed E-state index contributed by atoms with van der Waals surface area (Å²) in [6.45, 7) is 5.44. The van der Waals surface area contributed by atoms with Gasteiger partial charge in [-0.1, -0.05) is 0 Å². The van der Waals surface area contributed by atoms with Crippen LogP contribution in [-0.2, 0) is 9.57 Å². The first-order valence-electron chi connectivity index (χ1n) is 6.92.